The van der Waals surface area contributed by atoms with Crippen LogP contribution in [-0.2, 0) is 16.1 Å². The Kier molecular flexibility index (Phi) is 5.84. The van der Waals surface area contributed by atoms with Crippen molar-refractivity contribution < 1.29 is 18.8 Å². The number of benzene rings is 2. The molecule has 0 bridgehead atoms. The van der Waals surface area contributed by atoms with Gasteiger partial charge in [-0.2, -0.15) is 0 Å². The van der Waals surface area contributed by atoms with Gasteiger partial charge in [0.1, 0.15) is 18.3 Å². The Hall–Kier alpha value is -3.87. The summed E-state index contributed by atoms with van der Waals surface area (Å²) in [5.41, 5.74) is 1.62. The highest BCUT2D eigenvalue weighted by Gasteiger charge is 2.46. The van der Waals surface area contributed by atoms with Crippen molar-refractivity contribution in [3.8, 4) is 0 Å². The maximum Gasteiger partial charge on any atom is 0.328 e. The molecule has 158 valence electrons. The molecule has 0 saturated carbocycles. The zero-order chi connectivity index (χ0) is 21.8. The number of amides is 4. The number of nitrogens with zero attached hydrogens (tertiary/aromatic N) is 2. The first-order chi connectivity index (χ1) is 15.0. The van der Waals surface area contributed by atoms with Gasteiger partial charge in [-0.3, -0.25) is 14.5 Å². The third kappa shape index (κ3) is 4.35. The molecular formula is C24H23N3O4. The Morgan fingerprint density at radius 1 is 1.00 bits per heavy atom. The zero-order valence-corrected chi connectivity index (χ0v) is 17.1. The number of urea groups is 1. The molecule has 0 radical (unpaired) electrons. The van der Waals surface area contributed by atoms with Crippen LogP contribution >= 0.6 is 0 Å². The molecule has 1 N–H and O–H groups in total. The van der Waals surface area contributed by atoms with E-state index in [1.807, 2.05) is 60.7 Å². The molecule has 1 fully saturated rings. The van der Waals surface area contributed by atoms with E-state index in [9.17, 15) is 14.4 Å². The number of hydrogen-bond donors (Lipinski definition) is 1. The van der Waals surface area contributed by atoms with Gasteiger partial charge in [-0.05, 0) is 30.2 Å². The highest BCUT2D eigenvalue weighted by atomic mass is 16.3. The summed E-state index contributed by atoms with van der Waals surface area (Å²) >= 11 is 0. The zero-order valence-electron chi connectivity index (χ0n) is 17.1. The van der Waals surface area contributed by atoms with Crippen molar-refractivity contribution in [1.29, 1.82) is 0 Å². The van der Waals surface area contributed by atoms with Gasteiger partial charge < -0.3 is 14.6 Å². The molecule has 1 aliphatic heterocycles. The molecule has 1 aliphatic rings. The van der Waals surface area contributed by atoms with Crippen molar-refractivity contribution in [3.63, 3.8) is 0 Å². The fourth-order valence-corrected chi connectivity index (χ4v) is 3.72. The summed E-state index contributed by atoms with van der Waals surface area (Å²) in [6.07, 6.45) is 1.53. The van der Waals surface area contributed by atoms with Crippen molar-refractivity contribution in [2.45, 2.75) is 25.6 Å². The summed E-state index contributed by atoms with van der Waals surface area (Å²) in [7, 11) is 0. The van der Waals surface area contributed by atoms with Crippen molar-refractivity contribution in [2.75, 3.05) is 6.54 Å². The van der Waals surface area contributed by atoms with Crippen LogP contribution in [0.15, 0.2) is 83.5 Å². The van der Waals surface area contributed by atoms with E-state index in [0.29, 0.717) is 11.3 Å². The van der Waals surface area contributed by atoms with Crippen LogP contribution in [0.4, 0.5) is 4.79 Å². The van der Waals surface area contributed by atoms with E-state index in [-0.39, 0.29) is 19.1 Å². The molecule has 1 saturated heterocycles. The molecule has 3 aromatic rings. The fourth-order valence-electron chi connectivity index (χ4n) is 3.72. The quantitative estimate of drug-likeness (QED) is 0.595. The Balaban J connectivity index is 1.55. The van der Waals surface area contributed by atoms with E-state index in [4.69, 9.17) is 4.42 Å². The van der Waals surface area contributed by atoms with Crippen LogP contribution in [-0.4, -0.2) is 34.2 Å². The van der Waals surface area contributed by atoms with Gasteiger partial charge >= 0.3 is 6.03 Å². The minimum atomic E-state index is -0.774. The van der Waals surface area contributed by atoms with Crippen LogP contribution in [0.5, 0.6) is 0 Å². The van der Waals surface area contributed by atoms with Crippen LogP contribution in [0.1, 0.15) is 35.9 Å². The van der Waals surface area contributed by atoms with E-state index < -0.39 is 23.9 Å². The first-order valence-electron chi connectivity index (χ1n) is 10.1. The third-order valence-corrected chi connectivity index (χ3v) is 5.25. The molecule has 2 atom stereocenters. The normalized spacial score (nSPS) is 17.1. The predicted octanol–water partition coefficient (Wildman–Crippen LogP) is 3.66. The summed E-state index contributed by atoms with van der Waals surface area (Å²) in [6, 6.07) is 20.5. The average Bonchev–Trinajstić information content (AvgIpc) is 3.39. The maximum atomic E-state index is 13.2. The largest absolute Gasteiger partial charge is 0.467 e. The highest BCUT2D eigenvalue weighted by molar-refractivity contribution is 6.06. The van der Waals surface area contributed by atoms with Gasteiger partial charge in [0, 0.05) is 6.54 Å². The van der Waals surface area contributed by atoms with Gasteiger partial charge in [-0.25, -0.2) is 4.79 Å². The van der Waals surface area contributed by atoms with E-state index in [2.05, 4.69) is 5.32 Å². The molecule has 2 aromatic carbocycles. The summed E-state index contributed by atoms with van der Waals surface area (Å²) in [5, 5.41) is 2.77. The van der Waals surface area contributed by atoms with E-state index in [0.717, 1.165) is 10.5 Å². The number of carbonyl (C=O) groups is 3. The van der Waals surface area contributed by atoms with Crippen LogP contribution < -0.4 is 5.32 Å². The SMILES string of the molecule is CC(NC(=O)CN1C(=O)C(c2ccccc2)N(Cc2ccccc2)C1=O)c1ccco1. The predicted molar refractivity (Wildman–Crippen MR) is 114 cm³/mol. The van der Waals surface area contributed by atoms with Gasteiger partial charge in [0.25, 0.3) is 5.91 Å². The minimum Gasteiger partial charge on any atom is -0.467 e. The molecule has 31 heavy (non-hydrogen) atoms. The maximum absolute atomic E-state index is 13.2. The van der Waals surface area contributed by atoms with E-state index in [1.54, 1.807) is 19.1 Å². The molecule has 7 nitrogen and oxygen atoms in total. The van der Waals surface area contributed by atoms with Crippen molar-refractivity contribution in [2.24, 2.45) is 0 Å². The Labute approximate surface area is 180 Å². The Morgan fingerprint density at radius 3 is 2.32 bits per heavy atom. The fraction of sp³-hybridized carbons (Fsp3) is 0.208. The number of carbonyl (C=O) groups excluding carboxylic acids is 3. The summed E-state index contributed by atoms with van der Waals surface area (Å²) in [4.78, 5) is 41.5. The van der Waals surface area contributed by atoms with Crippen molar-refractivity contribution in [1.82, 2.24) is 15.1 Å². The van der Waals surface area contributed by atoms with Crippen LogP contribution in [0, 0.1) is 0 Å². The number of rotatable bonds is 7. The van der Waals surface area contributed by atoms with Gasteiger partial charge in [-0.1, -0.05) is 60.7 Å². The number of nitrogens with one attached hydrogen (secondary N) is 1. The van der Waals surface area contributed by atoms with Crippen LogP contribution in [0.2, 0.25) is 0 Å². The third-order valence-electron chi connectivity index (χ3n) is 5.25. The lowest BCUT2D eigenvalue weighted by atomic mass is 10.1. The second kappa shape index (κ2) is 8.87. The highest BCUT2D eigenvalue weighted by Crippen LogP contribution is 2.32. The molecule has 2 heterocycles. The standard InChI is InChI=1S/C24H23N3O4/c1-17(20-13-8-14-31-20)25-21(28)16-27-23(29)22(19-11-6-3-7-12-19)26(24(27)30)15-18-9-4-2-5-10-18/h2-14,17,22H,15-16H2,1H3,(H,25,28). The number of hydrogen-bond acceptors (Lipinski definition) is 4. The summed E-state index contributed by atoms with van der Waals surface area (Å²) in [6.45, 7) is 1.70. The first-order valence-corrected chi connectivity index (χ1v) is 10.1. The summed E-state index contributed by atoms with van der Waals surface area (Å²) < 4.78 is 5.30. The first kappa shape index (κ1) is 20.4. The number of imide groups is 1. The van der Waals surface area contributed by atoms with Gasteiger partial charge in [-0.15, -0.1) is 0 Å². The second-order valence-corrected chi connectivity index (χ2v) is 7.44. The lowest BCUT2D eigenvalue weighted by molar-refractivity contribution is -0.133. The molecule has 1 aromatic heterocycles. The Bertz CT molecular complexity index is 1050. The Morgan fingerprint density at radius 2 is 1.68 bits per heavy atom. The molecule has 7 heteroatoms. The van der Waals surface area contributed by atoms with Crippen molar-refractivity contribution >= 4 is 17.8 Å². The number of furan rings is 1. The molecule has 0 aliphatic carbocycles. The van der Waals surface area contributed by atoms with E-state index in [1.165, 1.54) is 11.2 Å². The topological polar surface area (TPSA) is 82.9 Å². The molecule has 4 rings (SSSR count). The molecule has 0 spiro atoms. The van der Waals surface area contributed by atoms with Crippen molar-refractivity contribution in [3.05, 3.63) is 95.9 Å². The average molecular weight is 417 g/mol. The van der Waals surface area contributed by atoms with Gasteiger partial charge in [0.05, 0.1) is 12.3 Å². The molecule has 2 unspecified atom stereocenters. The molecular weight excluding hydrogens is 394 g/mol. The molecule has 4 amide bonds. The van der Waals surface area contributed by atoms with Gasteiger partial charge in [0.2, 0.25) is 5.91 Å². The smallest absolute Gasteiger partial charge is 0.328 e. The van der Waals surface area contributed by atoms with Crippen LogP contribution in [0.3, 0.4) is 0 Å². The van der Waals surface area contributed by atoms with E-state index >= 15 is 0 Å². The lowest BCUT2D eigenvalue weighted by Gasteiger charge is -2.22. The summed E-state index contributed by atoms with van der Waals surface area (Å²) in [5.74, 6) is -0.243. The minimum absolute atomic E-state index is 0.270. The van der Waals surface area contributed by atoms with Gasteiger partial charge in [0.15, 0.2) is 0 Å². The second-order valence-electron chi connectivity index (χ2n) is 7.44. The van der Waals surface area contributed by atoms with Crippen LogP contribution in [0.25, 0.3) is 0 Å². The lowest BCUT2D eigenvalue weighted by Crippen LogP contribution is -2.42. The monoisotopic (exact) mass is 417 g/mol.